The number of esters is 1. The maximum atomic E-state index is 12.9. The first-order valence-corrected chi connectivity index (χ1v) is 12.2. The number of carbonyl (C=O) groups excluding carboxylic acids is 2. The minimum Gasteiger partial charge on any atom is -0.465 e. The van der Waals surface area contributed by atoms with Gasteiger partial charge in [0.25, 0.3) is 5.91 Å². The molecule has 3 rings (SSSR count). The van der Waals surface area contributed by atoms with Crippen molar-refractivity contribution in [2.75, 3.05) is 30.8 Å². The van der Waals surface area contributed by atoms with Crippen molar-refractivity contribution in [3.8, 4) is 0 Å². The molecule has 0 aliphatic rings. The van der Waals surface area contributed by atoms with Crippen molar-refractivity contribution in [3.63, 3.8) is 0 Å². The smallest absolute Gasteiger partial charge is 0.341 e. The maximum Gasteiger partial charge on any atom is 0.341 e. The zero-order valence-electron chi connectivity index (χ0n) is 19.3. The number of rotatable bonds is 8. The Kier molecular flexibility index (Phi) is 8.65. The molecule has 0 aliphatic carbocycles. The number of halogens is 1. The molecular weight excluding hydrogens is 494 g/mol. The molecule has 11 heteroatoms. The van der Waals surface area contributed by atoms with Gasteiger partial charge in [-0.2, -0.15) is 5.10 Å². The molecule has 1 aromatic carbocycles. The maximum absolute atomic E-state index is 12.9. The van der Waals surface area contributed by atoms with Crippen LogP contribution in [0.25, 0.3) is 0 Å². The summed E-state index contributed by atoms with van der Waals surface area (Å²) >= 11 is 12.6. The Hall–Kier alpha value is -2.95. The molecule has 34 heavy (non-hydrogen) atoms. The molecule has 0 unspecified atom stereocenters. The van der Waals surface area contributed by atoms with Crippen LogP contribution >= 0.6 is 35.2 Å². The van der Waals surface area contributed by atoms with Crippen LogP contribution in [-0.2, 0) is 11.3 Å². The van der Waals surface area contributed by atoms with Crippen LogP contribution in [0, 0.1) is 6.92 Å². The van der Waals surface area contributed by atoms with Crippen molar-refractivity contribution in [1.82, 2.24) is 14.7 Å². The Morgan fingerprint density at radius 1 is 1.18 bits per heavy atom. The highest BCUT2D eigenvalue weighted by molar-refractivity contribution is 7.80. The predicted molar refractivity (Wildman–Crippen MR) is 140 cm³/mol. The number of amides is 1. The largest absolute Gasteiger partial charge is 0.465 e. The fourth-order valence-electron chi connectivity index (χ4n) is 3.35. The Morgan fingerprint density at radius 2 is 1.85 bits per heavy atom. The summed E-state index contributed by atoms with van der Waals surface area (Å²) in [5.41, 5.74) is 1.91. The normalized spacial score (nSPS) is 10.6. The molecule has 0 atom stereocenters. The number of anilines is 2. The van der Waals surface area contributed by atoms with Crippen molar-refractivity contribution in [2.45, 2.75) is 27.3 Å². The lowest BCUT2D eigenvalue weighted by molar-refractivity contribution is 0.0601. The number of aromatic nitrogens is 2. The van der Waals surface area contributed by atoms with E-state index in [2.05, 4.69) is 15.7 Å². The third kappa shape index (κ3) is 5.94. The van der Waals surface area contributed by atoms with Gasteiger partial charge < -0.3 is 20.3 Å². The molecule has 2 aromatic heterocycles. The van der Waals surface area contributed by atoms with Gasteiger partial charge >= 0.3 is 5.97 Å². The lowest BCUT2D eigenvalue weighted by atomic mass is 10.1. The average Bonchev–Trinajstić information content (AvgIpc) is 3.38. The number of methoxy groups -OCH3 is 1. The molecular formula is C23H26ClN5O3S2. The molecule has 180 valence electrons. The molecule has 0 bridgehead atoms. The van der Waals surface area contributed by atoms with E-state index in [0.29, 0.717) is 51.5 Å². The number of hydrogen-bond acceptors (Lipinski definition) is 6. The average molecular weight is 520 g/mol. The molecule has 2 N–H and O–H groups in total. The lowest BCUT2D eigenvalue weighted by Gasteiger charge is -2.17. The second-order valence-corrected chi connectivity index (χ2v) is 9.20. The van der Waals surface area contributed by atoms with Crippen LogP contribution in [0.5, 0.6) is 0 Å². The summed E-state index contributed by atoms with van der Waals surface area (Å²) in [6.07, 6.45) is 1.83. The molecule has 0 saturated carbocycles. The van der Waals surface area contributed by atoms with Gasteiger partial charge in [0, 0.05) is 30.4 Å². The summed E-state index contributed by atoms with van der Waals surface area (Å²) < 4.78 is 6.71. The number of carbonyl (C=O) groups is 2. The van der Waals surface area contributed by atoms with Crippen LogP contribution in [0.4, 0.5) is 10.8 Å². The minimum absolute atomic E-state index is 0.134. The zero-order chi connectivity index (χ0) is 24.8. The van der Waals surface area contributed by atoms with Gasteiger partial charge in [-0.05, 0) is 56.2 Å². The van der Waals surface area contributed by atoms with Crippen LogP contribution in [0.15, 0.2) is 36.5 Å². The number of nitrogens with zero attached hydrogens (tertiary/aromatic N) is 3. The first-order valence-electron chi connectivity index (χ1n) is 10.6. The molecule has 1 amide bonds. The topological polar surface area (TPSA) is 88.5 Å². The van der Waals surface area contributed by atoms with E-state index < -0.39 is 5.97 Å². The molecule has 0 aliphatic heterocycles. The summed E-state index contributed by atoms with van der Waals surface area (Å²) in [4.78, 5) is 27.6. The van der Waals surface area contributed by atoms with Crippen LogP contribution < -0.4 is 10.6 Å². The quantitative estimate of drug-likeness (QED) is 0.318. The lowest BCUT2D eigenvalue weighted by Crippen LogP contribution is -2.30. The summed E-state index contributed by atoms with van der Waals surface area (Å²) in [6.45, 7) is 7.28. The highest BCUT2D eigenvalue weighted by Gasteiger charge is 2.27. The number of thiophene rings is 1. The zero-order valence-corrected chi connectivity index (χ0v) is 21.7. The summed E-state index contributed by atoms with van der Waals surface area (Å²) in [6, 6.07) is 9.33. The van der Waals surface area contributed by atoms with Crippen molar-refractivity contribution in [1.29, 1.82) is 0 Å². The van der Waals surface area contributed by atoms with E-state index in [-0.39, 0.29) is 11.0 Å². The van der Waals surface area contributed by atoms with E-state index in [1.54, 1.807) is 22.6 Å². The fraction of sp³-hybridized carbons (Fsp3) is 0.304. The molecule has 2 heterocycles. The molecule has 3 aromatic rings. The number of hydrogen-bond donors (Lipinski definition) is 2. The van der Waals surface area contributed by atoms with E-state index >= 15 is 0 Å². The number of nitrogens with one attached hydrogen (secondary N) is 2. The first-order chi connectivity index (χ1) is 16.3. The van der Waals surface area contributed by atoms with Gasteiger partial charge in [0.15, 0.2) is 10.9 Å². The fourth-order valence-corrected chi connectivity index (χ4v) is 4.92. The standard InChI is InChI=1S/C23H26ClN5O3S2/c1-5-28(6-2)21(30)19-14(3)18(22(31)32-4)20(34-19)26-23(33)25-17-11-12-29(27-17)13-15-7-9-16(24)10-8-15/h7-12H,5-6,13H2,1-4H3,(H2,25,26,27,33). The van der Waals surface area contributed by atoms with Gasteiger partial charge in [0.1, 0.15) is 5.00 Å². The third-order valence-electron chi connectivity index (χ3n) is 5.15. The molecule has 0 saturated heterocycles. The van der Waals surface area contributed by atoms with Crippen molar-refractivity contribution in [2.24, 2.45) is 0 Å². The van der Waals surface area contributed by atoms with E-state index in [9.17, 15) is 9.59 Å². The van der Waals surface area contributed by atoms with Crippen LogP contribution in [0.1, 0.15) is 45.0 Å². The SMILES string of the molecule is CCN(CC)C(=O)c1sc(NC(=S)Nc2ccn(Cc3ccc(Cl)cc3)n2)c(C(=O)OC)c1C. The molecule has 0 radical (unpaired) electrons. The number of thiocarbonyl (C=S) groups is 1. The van der Waals surface area contributed by atoms with Gasteiger partial charge in [0.2, 0.25) is 0 Å². The van der Waals surface area contributed by atoms with E-state index in [0.717, 1.165) is 5.56 Å². The summed E-state index contributed by atoms with van der Waals surface area (Å²) in [5, 5.41) is 11.9. The van der Waals surface area contributed by atoms with Crippen molar-refractivity contribution >= 4 is 63.0 Å². The Balaban J connectivity index is 1.75. The van der Waals surface area contributed by atoms with Crippen LogP contribution in [-0.4, -0.2) is 51.9 Å². The highest BCUT2D eigenvalue weighted by Crippen LogP contribution is 2.34. The van der Waals surface area contributed by atoms with E-state index in [1.165, 1.54) is 18.4 Å². The Bertz CT molecular complexity index is 1190. The van der Waals surface area contributed by atoms with Crippen LogP contribution in [0.3, 0.4) is 0 Å². The van der Waals surface area contributed by atoms with Crippen LogP contribution in [0.2, 0.25) is 5.02 Å². The highest BCUT2D eigenvalue weighted by atomic mass is 35.5. The first kappa shape index (κ1) is 25.7. The van der Waals surface area contributed by atoms with Gasteiger partial charge in [0.05, 0.1) is 24.1 Å². The van der Waals surface area contributed by atoms with E-state index in [4.69, 9.17) is 28.6 Å². The second kappa shape index (κ2) is 11.5. The third-order valence-corrected chi connectivity index (χ3v) is 6.80. The van der Waals surface area contributed by atoms with Gasteiger partial charge in [-0.25, -0.2) is 4.79 Å². The van der Waals surface area contributed by atoms with Gasteiger partial charge in [-0.1, -0.05) is 23.7 Å². The number of benzene rings is 1. The second-order valence-electron chi connectivity index (χ2n) is 7.33. The Morgan fingerprint density at radius 3 is 2.47 bits per heavy atom. The van der Waals surface area contributed by atoms with Gasteiger partial charge in [-0.15, -0.1) is 11.3 Å². The monoisotopic (exact) mass is 519 g/mol. The Labute approximate surface area is 212 Å². The number of ether oxygens (including phenoxy) is 1. The summed E-state index contributed by atoms with van der Waals surface area (Å²) in [7, 11) is 1.30. The predicted octanol–water partition coefficient (Wildman–Crippen LogP) is 5.03. The summed E-state index contributed by atoms with van der Waals surface area (Å²) in [5.74, 6) is -0.130. The van der Waals surface area contributed by atoms with E-state index in [1.807, 2.05) is 44.3 Å². The molecule has 0 fully saturated rings. The minimum atomic E-state index is -0.537. The molecule has 8 nitrogen and oxygen atoms in total. The van der Waals surface area contributed by atoms with Crippen molar-refractivity contribution < 1.29 is 14.3 Å². The van der Waals surface area contributed by atoms with Gasteiger partial charge in [-0.3, -0.25) is 9.48 Å². The molecule has 0 spiro atoms. The van der Waals surface area contributed by atoms with Crippen molar-refractivity contribution in [3.05, 3.63) is 63.1 Å².